The molecule has 0 radical (unpaired) electrons. The molecule has 51 heavy (non-hydrogen) atoms. The summed E-state index contributed by atoms with van der Waals surface area (Å²) in [5.41, 5.74) is 2.98. The number of rotatable bonds is 17. The summed E-state index contributed by atoms with van der Waals surface area (Å²) in [6.45, 7) is 2.79. The number of fused-ring (bicyclic) bond motifs is 1. The Balaban J connectivity index is 1.15. The molecule has 0 saturated heterocycles. The number of unbranched alkanes of at least 4 members (excludes halogenated alkanes) is 4. The SMILES string of the molecule is CCCCCCCOc1ccc(C(=O)Oc2ccc(CC(NC(=O)c3ccc(NC(=O)c4cccc5nsnc45)cc3)C(=O)O)cc2OC)cc1. The maximum Gasteiger partial charge on any atom is 0.343 e. The van der Waals surface area contributed by atoms with E-state index >= 15 is 0 Å². The summed E-state index contributed by atoms with van der Waals surface area (Å²) >= 11 is 1.02. The summed E-state index contributed by atoms with van der Waals surface area (Å²) in [6.07, 6.45) is 5.62. The predicted molar refractivity (Wildman–Crippen MR) is 193 cm³/mol. The van der Waals surface area contributed by atoms with E-state index < -0.39 is 23.9 Å². The molecule has 4 aromatic carbocycles. The number of ether oxygens (including phenoxy) is 3. The smallest absolute Gasteiger partial charge is 0.343 e. The van der Waals surface area contributed by atoms with Crippen molar-refractivity contribution in [1.29, 1.82) is 0 Å². The molecular formula is C38H38N4O8S. The van der Waals surface area contributed by atoms with Gasteiger partial charge in [0.1, 0.15) is 22.8 Å². The number of nitrogens with one attached hydrogen (secondary N) is 2. The first-order valence-electron chi connectivity index (χ1n) is 16.5. The second-order valence-corrected chi connectivity index (χ2v) is 12.2. The van der Waals surface area contributed by atoms with Crippen LogP contribution in [0.3, 0.4) is 0 Å². The van der Waals surface area contributed by atoms with Crippen molar-refractivity contribution in [3.8, 4) is 17.2 Å². The van der Waals surface area contributed by atoms with Crippen LogP contribution in [0.4, 0.5) is 5.69 Å². The number of nitrogens with zero attached hydrogens (tertiary/aromatic N) is 2. The van der Waals surface area contributed by atoms with Crippen molar-refractivity contribution in [2.75, 3.05) is 19.0 Å². The summed E-state index contributed by atoms with van der Waals surface area (Å²) in [5.74, 6) is -1.78. The number of esters is 1. The van der Waals surface area contributed by atoms with Crippen molar-refractivity contribution in [2.45, 2.75) is 51.5 Å². The summed E-state index contributed by atoms with van der Waals surface area (Å²) in [4.78, 5) is 50.8. The Morgan fingerprint density at radius 2 is 1.57 bits per heavy atom. The monoisotopic (exact) mass is 710 g/mol. The first-order chi connectivity index (χ1) is 24.7. The number of amides is 2. The molecule has 264 valence electrons. The van der Waals surface area contributed by atoms with Gasteiger partial charge in [0.15, 0.2) is 11.5 Å². The molecule has 2 amide bonds. The topological polar surface area (TPSA) is 166 Å². The summed E-state index contributed by atoms with van der Waals surface area (Å²) in [7, 11) is 1.41. The number of carbonyl (C=O) groups excluding carboxylic acids is 3. The van der Waals surface area contributed by atoms with Gasteiger partial charge < -0.3 is 30.0 Å². The first kappa shape index (κ1) is 36.5. The highest BCUT2D eigenvalue weighted by atomic mass is 32.1. The number of carbonyl (C=O) groups is 4. The van der Waals surface area contributed by atoms with Gasteiger partial charge in [-0.1, -0.05) is 44.7 Å². The highest BCUT2D eigenvalue weighted by Crippen LogP contribution is 2.30. The van der Waals surface area contributed by atoms with E-state index in [9.17, 15) is 24.3 Å². The van der Waals surface area contributed by atoms with Crippen LogP contribution in [0.2, 0.25) is 0 Å². The Morgan fingerprint density at radius 3 is 2.29 bits per heavy atom. The van der Waals surface area contributed by atoms with Gasteiger partial charge >= 0.3 is 11.9 Å². The zero-order valence-corrected chi connectivity index (χ0v) is 29.0. The number of hydrogen-bond donors (Lipinski definition) is 3. The molecule has 0 aliphatic carbocycles. The summed E-state index contributed by atoms with van der Waals surface area (Å²) in [5, 5.41) is 15.2. The largest absolute Gasteiger partial charge is 0.494 e. The van der Waals surface area contributed by atoms with Crippen molar-refractivity contribution in [3.05, 3.63) is 107 Å². The zero-order chi connectivity index (χ0) is 36.2. The van der Waals surface area contributed by atoms with E-state index in [2.05, 4.69) is 26.3 Å². The Labute approximate surface area is 299 Å². The average Bonchev–Trinajstić information content (AvgIpc) is 3.63. The van der Waals surface area contributed by atoms with Gasteiger partial charge in [-0.2, -0.15) is 8.75 Å². The van der Waals surface area contributed by atoms with Crippen molar-refractivity contribution in [2.24, 2.45) is 0 Å². The molecule has 0 spiro atoms. The molecule has 1 heterocycles. The Kier molecular flexibility index (Phi) is 12.7. The van der Waals surface area contributed by atoms with Gasteiger partial charge in [0.25, 0.3) is 11.8 Å². The quantitative estimate of drug-likeness (QED) is 0.0522. The van der Waals surface area contributed by atoms with Crippen LogP contribution in [0.1, 0.15) is 75.7 Å². The van der Waals surface area contributed by atoms with E-state index in [-0.39, 0.29) is 29.4 Å². The number of hydrogen-bond acceptors (Lipinski definition) is 10. The Hall–Kier alpha value is -5.82. The molecular weight excluding hydrogens is 673 g/mol. The van der Waals surface area contributed by atoms with Crippen molar-refractivity contribution in [3.63, 3.8) is 0 Å². The highest BCUT2D eigenvalue weighted by molar-refractivity contribution is 7.00. The van der Waals surface area contributed by atoms with Crippen LogP contribution in [-0.4, -0.2) is 57.4 Å². The Bertz CT molecular complexity index is 1980. The van der Waals surface area contributed by atoms with Crippen LogP contribution in [0.25, 0.3) is 11.0 Å². The maximum atomic E-state index is 13.0. The second kappa shape index (κ2) is 17.7. The molecule has 13 heteroatoms. The maximum absolute atomic E-state index is 13.0. The minimum absolute atomic E-state index is 0.0725. The van der Waals surface area contributed by atoms with Gasteiger partial charge in [-0.3, -0.25) is 9.59 Å². The van der Waals surface area contributed by atoms with E-state index in [1.807, 2.05) is 0 Å². The molecule has 0 fully saturated rings. The van der Waals surface area contributed by atoms with Gasteiger partial charge in [-0.25, -0.2) is 9.59 Å². The van der Waals surface area contributed by atoms with E-state index in [1.54, 1.807) is 66.7 Å². The number of carboxylic acids is 1. The molecule has 5 aromatic rings. The molecule has 1 aromatic heterocycles. The molecule has 3 N–H and O–H groups in total. The van der Waals surface area contributed by atoms with Crippen LogP contribution in [-0.2, 0) is 11.2 Å². The number of carboxylic acid groups (broad SMARTS) is 1. The number of anilines is 1. The lowest BCUT2D eigenvalue weighted by Gasteiger charge is -2.16. The van der Waals surface area contributed by atoms with Crippen LogP contribution in [0.15, 0.2) is 84.9 Å². The highest BCUT2D eigenvalue weighted by Gasteiger charge is 2.23. The fraction of sp³-hybridized carbons (Fsp3) is 0.263. The molecule has 0 bridgehead atoms. The lowest BCUT2D eigenvalue weighted by molar-refractivity contribution is -0.139. The van der Waals surface area contributed by atoms with Gasteiger partial charge in [0.05, 0.1) is 36.6 Å². The van der Waals surface area contributed by atoms with E-state index in [4.69, 9.17) is 14.2 Å². The van der Waals surface area contributed by atoms with Crippen LogP contribution < -0.4 is 24.8 Å². The zero-order valence-electron chi connectivity index (χ0n) is 28.2. The molecule has 5 rings (SSSR count). The third kappa shape index (κ3) is 9.88. The molecule has 1 unspecified atom stereocenters. The summed E-state index contributed by atoms with van der Waals surface area (Å²) in [6, 6.07) is 21.3. The molecule has 1 atom stereocenters. The standard InChI is InChI=1S/C38H38N4O8S/c1-3-4-5-6-7-21-49-28-18-14-26(15-19-28)38(47)50-32-20-11-24(23-33(32)48-2)22-31(37(45)46)40-35(43)25-12-16-27(17-13-25)39-36(44)29-9-8-10-30-34(29)42-51-41-30/h8-20,23,31H,3-7,21-22H2,1-2H3,(H,39,44)(H,40,43)(H,45,46). The van der Waals surface area contributed by atoms with Crippen LogP contribution in [0.5, 0.6) is 17.2 Å². The van der Waals surface area contributed by atoms with Gasteiger partial charge in [0, 0.05) is 17.7 Å². The molecule has 0 aliphatic rings. The fourth-order valence-corrected chi connectivity index (χ4v) is 5.78. The first-order valence-corrected chi connectivity index (χ1v) is 17.3. The Morgan fingerprint density at radius 1 is 0.824 bits per heavy atom. The third-order valence-corrected chi connectivity index (χ3v) is 8.56. The fourth-order valence-electron chi connectivity index (χ4n) is 5.24. The van der Waals surface area contributed by atoms with Gasteiger partial charge in [-0.15, -0.1) is 0 Å². The third-order valence-electron chi connectivity index (χ3n) is 8.02. The van der Waals surface area contributed by atoms with Crippen molar-refractivity contribution >= 4 is 52.2 Å². The normalized spacial score (nSPS) is 11.4. The van der Waals surface area contributed by atoms with Crippen LogP contribution >= 0.6 is 11.7 Å². The summed E-state index contributed by atoms with van der Waals surface area (Å²) < 4.78 is 25.1. The van der Waals surface area contributed by atoms with Crippen LogP contribution in [0, 0.1) is 0 Å². The van der Waals surface area contributed by atoms with E-state index in [0.29, 0.717) is 45.8 Å². The number of methoxy groups -OCH3 is 1. The van der Waals surface area contributed by atoms with E-state index in [1.165, 1.54) is 44.6 Å². The molecule has 0 aliphatic heterocycles. The average molecular weight is 711 g/mol. The number of benzene rings is 4. The lowest BCUT2D eigenvalue weighted by atomic mass is 10.0. The minimum Gasteiger partial charge on any atom is -0.494 e. The minimum atomic E-state index is -1.28. The van der Waals surface area contributed by atoms with Gasteiger partial charge in [0.2, 0.25) is 0 Å². The number of aromatic nitrogens is 2. The lowest BCUT2D eigenvalue weighted by Crippen LogP contribution is -2.42. The predicted octanol–water partition coefficient (Wildman–Crippen LogP) is 6.95. The van der Waals surface area contributed by atoms with E-state index in [0.717, 1.165) is 24.6 Å². The van der Waals surface area contributed by atoms with Crippen molar-refractivity contribution < 1.29 is 38.5 Å². The second-order valence-electron chi connectivity index (χ2n) is 11.7. The molecule has 12 nitrogen and oxygen atoms in total. The van der Waals surface area contributed by atoms with Crippen molar-refractivity contribution in [1.82, 2.24) is 14.1 Å². The molecule has 0 saturated carbocycles. The van der Waals surface area contributed by atoms with Gasteiger partial charge in [-0.05, 0) is 84.8 Å². The number of aliphatic carboxylic acids is 1.